The lowest BCUT2D eigenvalue weighted by atomic mass is 9.93. The van der Waals surface area contributed by atoms with E-state index in [1.165, 1.54) is 12.8 Å². The Morgan fingerprint density at radius 2 is 1.67 bits per heavy atom. The fourth-order valence-electron chi connectivity index (χ4n) is 4.90. The molecule has 0 aliphatic carbocycles. The summed E-state index contributed by atoms with van der Waals surface area (Å²) in [6.07, 6.45) is 7.75. The number of ether oxygens (including phenoxy) is 1. The molecule has 2 aromatic carbocycles. The number of aromatic nitrogens is 2. The Labute approximate surface area is 195 Å². The molecule has 0 saturated carbocycles. The number of rotatable bonds is 6. The molecule has 1 amide bonds. The summed E-state index contributed by atoms with van der Waals surface area (Å²) in [4.78, 5) is 27.1. The highest BCUT2D eigenvalue weighted by molar-refractivity contribution is 5.95. The van der Waals surface area contributed by atoms with Crippen LogP contribution in [0.25, 0.3) is 0 Å². The lowest BCUT2D eigenvalue weighted by molar-refractivity contribution is 0.0702. The molecule has 0 radical (unpaired) electrons. The summed E-state index contributed by atoms with van der Waals surface area (Å²) in [6, 6.07) is 17.7. The van der Waals surface area contributed by atoms with E-state index in [0.717, 1.165) is 61.6 Å². The molecule has 2 fully saturated rings. The normalized spacial score (nSPS) is 18.9. The molecule has 0 unspecified atom stereocenters. The molecule has 0 bridgehead atoms. The Balaban J connectivity index is 1.33. The number of benzene rings is 2. The number of carbonyl (C=O) groups is 1. The van der Waals surface area contributed by atoms with E-state index in [4.69, 9.17) is 4.74 Å². The molecular weight excluding hydrogens is 412 g/mol. The fraction of sp³-hybridized carbons (Fsp3) is 0.370. The molecule has 1 aromatic heterocycles. The summed E-state index contributed by atoms with van der Waals surface area (Å²) >= 11 is 0. The molecule has 6 heteroatoms. The summed E-state index contributed by atoms with van der Waals surface area (Å²) < 4.78 is 6.05. The molecule has 2 aliphatic heterocycles. The maximum absolute atomic E-state index is 13.6. The number of hydrogen-bond donors (Lipinski definition) is 0. The van der Waals surface area contributed by atoms with Crippen LogP contribution in [0.4, 0.5) is 0 Å². The highest BCUT2D eigenvalue weighted by Crippen LogP contribution is 2.33. The minimum Gasteiger partial charge on any atom is -0.437 e. The van der Waals surface area contributed by atoms with Gasteiger partial charge in [-0.1, -0.05) is 36.4 Å². The second-order valence-electron chi connectivity index (χ2n) is 8.89. The number of carbonyl (C=O) groups excluding carboxylic acids is 1. The Hall–Kier alpha value is -3.25. The third kappa shape index (κ3) is 5.06. The molecule has 3 aromatic rings. The standard InChI is InChI=1S/C27H30N4O2/c32-27(24-13-5-4-9-21(24)19-30-16-6-7-17-30)31-18-8-10-22(20-31)25-26(29-15-14-28-25)33-23-11-2-1-3-12-23/h1-5,9,11-15,22H,6-8,10,16-20H2/t22-/m1/s1. The van der Waals surface area contributed by atoms with Gasteiger partial charge < -0.3 is 9.64 Å². The largest absolute Gasteiger partial charge is 0.437 e. The fourth-order valence-corrected chi connectivity index (χ4v) is 4.90. The molecule has 1 atom stereocenters. The van der Waals surface area contributed by atoms with Gasteiger partial charge in [-0.3, -0.25) is 14.7 Å². The zero-order chi connectivity index (χ0) is 22.5. The Kier molecular flexibility index (Phi) is 6.63. The van der Waals surface area contributed by atoms with Gasteiger partial charge in [-0.15, -0.1) is 0 Å². The zero-order valence-electron chi connectivity index (χ0n) is 18.9. The number of likely N-dealkylation sites (tertiary alicyclic amines) is 2. The van der Waals surface area contributed by atoms with Crippen molar-refractivity contribution in [3.8, 4) is 11.6 Å². The summed E-state index contributed by atoms with van der Waals surface area (Å²) in [5.74, 6) is 1.47. The molecule has 0 spiro atoms. The van der Waals surface area contributed by atoms with Crippen molar-refractivity contribution in [1.82, 2.24) is 19.8 Å². The van der Waals surface area contributed by atoms with Gasteiger partial charge in [-0.2, -0.15) is 0 Å². The van der Waals surface area contributed by atoms with Crippen LogP contribution >= 0.6 is 0 Å². The van der Waals surface area contributed by atoms with E-state index in [-0.39, 0.29) is 11.8 Å². The van der Waals surface area contributed by atoms with E-state index < -0.39 is 0 Å². The number of piperidine rings is 1. The molecule has 3 heterocycles. The van der Waals surface area contributed by atoms with E-state index in [2.05, 4.69) is 20.9 Å². The van der Waals surface area contributed by atoms with Crippen LogP contribution in [0.5, 0.6) is 11.6 Å². The van der Waals surface area contributed by atoms with Gasteiger partial charge in [0, 0.05) is 43.5 Å². The monoisotopic (exact) mass is 442 g/mol. The number of amides is 1. The zero-order valence-corrected chi connectivity index (χ0v) is 18.9. The number of nitrogens with zero attached hydrogens (tertiary/aromatic N) is 4. The van der Waals surface area contributed by atoms with Crippen molar-refractivity contribution in [3.63, 3.8) is 0 Å². The summed E-state index contributed by atoms with van der Waals surface area (Å²) in [7, 11) is 0. The van der Waals surface area contributed by atoms with Crippen molar-refractivity contribution in [2.45, 2.75) is 38.1 Å². The van der Waals surface area contributed by atoms with Crippen molar-refractivity contribution in [3.05, 3.63) is 83.8 Å². The maximum atomic E-state index is 13.6. The van der Waals surface area contributed by atoms with Gasteiger partial charge in [0.05, 0.1) is 0 Å². The van der Waals surface area contributed by atoms with Crippen LogP contribution in [0.2, 0.25) is 0 Å². The summed E-state index contributed by atoms with van der Waals surface area (Å²) in [5, 5.41) is 0. The van der Waals surface area contributed by atoms with Crippen LogP contribution in [0.3, 0.4) is 0 Å². The molecule has 170 valence electrons. The highest BCUT2D eigenvalue weighted by atomic mass is 16.5. The first-order chi connectivity index (χ1) is 16.3. The predicted molar refractivity (Wildman–Crippen MR) is 127 cm³/mol. The Morgan fingerprint density at radius 3 is 2.52 bits per heavy atom. The second kappa shape index (κ2) is 10.1. The van der Waals surface area contributed by atoms with E-state index in [0.29, 0.717) is 12.4 Å². The van der Waals surface area contributed by atoms with Crippen LogP contribution in [0, 0.1) is 0 Å². The van der Waals surface area contributed by atoms with Gasteiger partial charge in [0.2, 0.25) is 5.88 Å². The van der Waals surface area contributed by atoms with Crippen molar-refractivity contribution < 1.29 is 9.53 Å². The second-order valence-corrected chi connectivity index (χ2v) is 8.89. The average molecular weight is 443 g/mol. The summed E-state index contributed by atoms with van der Waals surface area (Å²) in [5.41, 5.74) is 2.77. The molecule has 5 rings (SSSR count). The van der Waals surface area contributed by atoms with Gasteiger partial charge in [0.1, 0.15) is 11.4 Å². The smallest absolute Gasteiger partial charge is 0.254 e. The minimum absolute atomic E-state index is 0.0980. The summed E-state index contributed by atoms with van der Waals surface area (Å²) in [6.45, 7) is 4.47. The quantitative estimate of drug-likeness (QED) is 0.544. The third-order valence-corrected chi connectivity index (χ3v) is 6.58. The SMILES string of the molecule is O=C(c1ccccc1CN1CCCC1)N1CCC[C@@H](c2nccnc2Oc2ccccc2)C1. The van der Waals surface area contributed by atoms with Crippen molar-refractivity contribution in [2.75, 3.05) is 26.2 Å². The van der Waals surface area contributed by atoms with Crippen molar-refractivity contribution >= 4 is 5.91 Å². The van der Waals surface area contributed by atoms with Crippen LogP contribution in [0.15, 0.2) is 67.0 Å². The van der Waals surface area contributed by atoms with Gasteiger partial charge in [-0.05, 0) is 62.5 Å². The van der Waals surface area contributed by atoms with Crippen molar-refractivity contribution in [1.29, 1.82) is 0 Å². The molecule has 2 saturated heterocycles. The van der Waals surface area contributed by atoms with Gasteiger partial charge in [0.25, 0.3) is 5.91 Å². The van der Waals surface area contributed by atoms with E-state index in [1.54, 1.807) is 12.4 Å². The topological polar surface area (TPSA) is 58.6 Å². The van der Waals surface area contributed by atoms with E-state index in [1.807, 2.05) is 53.4 Å². The first-order valence-corrected chi connectivity index (χ1v) is 11.9. The average Bonchev–Trinajstić information content (AvgIpc) is 3.38. The van der Waals surface area contributed by atoms with E-state index >= 15 is 0 Å². The van der Waals surface area contributed by atoms with Crippen LogP contribution in [-0.2, 0) is 6.54 Å². The Bertz CT molecular complexity index is 1080. The number of para-hydroxylation sites is 1. The lowest BCUT2D eigenvalue weighted by Gasteiger charge is -2.33. The third-order valence-electron chi connectivity index (χ3n) is 6.58. The first-order valence-electron chi connectivity index (χ1n) is 11.9. The van der Waals surface area contributed by atoms with Gasteiger partial charge in [-0.25, -0.2) is 4.98 Å². The van der Waals surface area contributed by atoms with Gasteiger partial charge >= 0.3 is 0 Å². The van der Waals surface area contributed by atoms with Crippen LogP contribution in [0.1, 0.15) is 53.2 Å². The number of hydrogen-bond acceptors (Lipinski definition) is 5. The molecule has 6 nitrogen and oxygen atoms in total. The Morgan fingerprint density at radius 1 is 0.909 bits per heavy atom. The van der Waals surface area contributed by atoms with E-state index in [9.17, 15) is 4.79 Å². The molecule has 0 N–H and O–H groups in total. The van der Waals surface area contributed by atoms with Gasteiger partial charge in [0.15, 0.2) is 0 Å². The molecule has 2 aliphatic rings. The minimum atomic E-state index is 0.0980. The van der Waals surface area contributed by atoms with Crippen LogP contribution in [-0.4, -0.2) is 51.9 Å². The molecule has 33 heavy (non-hydrogen) atoms. The lowest BCUT2D eigenvalue weighted by Crippen LogP contribution is -2.40. The predicted octanol–water partition coefficient (Wildman–Crippen LogP) is 4.88. The maximum Gasteiger partial charge on any atom is 0.254 e. The van der Waals surface area contributed by atoms with Crippen molar-refractivity contribution in [2.24, 2.45) is 0 Å². The molecular formula is C27H30N4O2. The van der Waals surface area contributed by atoms with Crippen LogP contribution < -0.4 is 4.74 Å². The highest BCUT2D eigenvalue weighted by Gasteiger charge is 2.30. The first kappa shape index (κ1) is 21.6.